The average Bonchev–Trinajstić information content (AvgIpc) is 3.11. The van der Waals surface area contributed by atoms with Crippen LogP contribution in [0.3, 0.4) is 0 Å². The molecular formula is C40H53ClN6O6. The monoisotopic (exact) mass is 748 g/mol. The lowest BCUT2D eigenvalue weighted by Gasteiger charge is -2.20. The van der Waals surface area contributed by atoms with E-state index < -0.39 is 17.6 Å². The fourth-order valence-corrected chi connectivity index (χ4v) is 4.50. The van der Waals surface area contributed by atoms with Crippen LogP contribution in [0.2, 0.25) is 5.02 Å². The van der Waals surface area contributed by atoms with Gasteiger partial charge in [-0.1, -0.05) is 101 Å². The lowest BCUT2D eigenvalue weighted by atomic mass is 10.0. The number of aryl methyl sites for hydroxylation is 1. The highest BCUT2D eigenvalue weighted by molar-refractivity contribution is 6.31. The number of halogens is 1. The number of nitrogen functional groups attached to an aromatic ring is 1. The van der Waals surface area contributed by atoms with Gasteiger partial charge in [0, 0.05) is 34.3 Å². The van der Waals surface area contributed by atoms with Crippen LogP contribution in [0.5, 0.6) is 0 Å². The first-order valence-corrected chi connectivity index (χ1v) is 17.6. The van der Waals surface area contributed by atoms with Crippen LogP contribution in [-0.2, 0) is 14.3 Å². The number of carbonyl (C=O) groups excluding carboxylic acids is 3. The molecule has 0 fully saturated rings. The standard InChI is InChI=1S/C29H26ClN5O3.C7H16.C2H6.CH3NO.CH2O2/c1-17-5-9-19(23(30)13-17)10-6-18-7-11-20(12-8-18)24-14-21(22-16-32-26(31)15-25(22)33-24)27(36)34-35-28(37)38-29(2,3)4;1-3-5-7-6-4-2;1-2;2*2-1-3/h5,7-9,11-16H,1-4H3,(H2,31,32)(H,34,36)(H,35,37);3-7H2,1-2H3;1-2H3;1H,(H2,2,3);1H,(H,2,3). The molecule has 0 aliphatic carbocycles. The minimum Gasteiger partial charge on any atom is -0.483 e. The molecule has 0 atom stereocenters. The summed E-state index contributed by atoms with van der Waals surface area (Å²) in [5.74, 6) is 5.91. The molecule has 0 bridgehead atoms. The summed E-state index contributed by atoms with van der Waals surface area (Å²) in [6.45, 7) is 15.4. The van der Waals surface area contributed by atoms with Crippen molar-refractivity contribution in [3.63, 3.8) is 0 Å². The van der Waals surface area contributed by atoms with Crippen molar-refractivity contribution in [2.75, 3.05) is 5.73 Å². The molecule has 53 heavy (non-hydrogen) atoms. The molecule has 4 rings (SSSR count). The predicted molar refractivity (Wildman–Crippen MR) is 213 cm³/mol. The third-order valence-corrected chi connectivity index (χ3v) is 6.80. The van der Waals surface area contributed by atoms with Crippen LogP contribution < -0.4 is 22.3 Å². The van der Waals surface area contributed by atoms with Crippen molar-refractivity contribution >= 4 is 53.2 Å². The van der Waals surface area contributed by atoms with Gasteiger partial charge < -0.3 is 21.3 Å². The van der Waals surface area contributed by atoms with Crippen molar-refractivity contribution < 1.29 is 29.0 Å². The fourth-order valence-electron chi connectivity index (χ4n) is 4.21. The first-order chi connectivity index (χ1) is 25.2. The summed E-state index contributed by atoms with van der Waals surface area (Å²) in [4.78, 5) is 50.7. The number of ether oxygens (including phenoxy) is 1. The molecule has 2 aromatic carbocycles. The van der Waals surface area contributed by atoms with Crippen LogP contribution in [0, 0.1) is 18.8 Å². The Hall–Kier alpha value is -5.67. The molecule has 0 aliphatic heterocycles. The lowest BCUT2D eigenvalue weighted by molar-refractivity contribution is -0.122. The molecule has 0 saturated heterocycles. The zero-order chi connectivity index (χ0) is 40.4. The van der Waals surface area contributed by atoms with Crippen LogP contribution in [0.25, 0.3) is 22.2 Å². The number of unbranched alkanes of at least 4 members (excludes halogenated alkanes) is 4. The van der Waals surface area contributed by atoms with E-state index in [0.717, 1.165) is 22.3 Å². The molecule has 13 heteroatoms. The Bertz CT molecular complexity index is 1790. The molecule has 0 unspecified atom stereocenters. The summed E-state index contributed by atoms with van der Waals surface area (Å²) in [6.07, 6.45) is 7.95. The van der Waals surface area contributed by atoms with Gasteiger partial charge in [0.2, 0.25) is 6.41 Å². The van der Waals surface area contributed by atoms with Crippen molar-refractivity contribution in [2.24, 2.45) is 5.73 Å². The van der Waals surface area contributed by atoms with Gasteiger partial charge in [-0.25, -0.2) is 20.2 Å². The smallest absolute Gasteiger partial charge is 0.426 e. The third-order valence-electron chi connectivity index (χ3n) is 6.49. The van der Waals surface area contributed by atoms with E-state index in [1.807, 2.05) is 63.2 Å². The van der Waals surface area contributed by atoms with Crippen molar-refractivity contribution in [3.05, 3.63) is 88.1 Å². The number of pyridine rings is 2. The molecule has 4 aromatic rings. The molecule has 0 saturated carbocycles. The van der Waals surface area contributed by atoms with Crippen molar-refractivity contribution in [2.45, 2.75) is 93.1 Å². The second kappa shape index (κ2) is 26.2. The molecular weight excluding hydrogens is 696 g/mol. The summed E-state index contributed by atoms with van der Waals surface area (Å²) in [5.41, 5.74) is 18.6. The van der Waals surface area contributed by atoms with Crippen molar-refractivity contribution in [1.29, 1.82) is 0 Å². The van der Waals surface area contributed by atoms with E-state index in [1.165, 1.54) is 38.3 Å². The number of hydrogen-bond acceptors (Lipinski definition) is 8. The molecule has 2 heterocycles. The van der Waals surface area contributed by atoms with Gasteiger partial charge in [0.15, 0.2) is 0 Å². The summed E-state index contributed by atoms with van der Waals surface area (Å²) in [6, 6.07) is 16.4. The summed E-state index contributed by atoms with van der Waals surface area (Å²) >= 11 is 6.28. The van der Waals surface area contributed by atoms with Gasteiger partial charge in [0.25, 0.3) is 12.4 Å². The summed E-state index contributed by atoms with van der Waals surface area (Å²) in [5, 5.41) is 7.97. The summed E-state index contributed by atoms with van der Waals surface area (Å²) < 4.78 is 5.17. The highest BCUT2D eigenvalue weighted by Crippen LogP contribution is 2.26. The molecule has 7 N–H and O–H groups in total. The van der Waals surface area contributed by atoms with Gasteiger partial charge in [-0.15, -0.1) is 0 Å². The Morgan fingerprint density at radius 1 is 0.943 bits per heavy atom. The zero-order valence-electron chi connectivity index (χ0n) is 31.9. The second-order valence-electron chi connectivity index (χ2n) is 11.9. The normalized spacial score (nSPS) is 9.60. The minimum absolute atomic E-state index is 0.250. The number of amides is 3. The maximum atomic E-state index is 13.0. The number of rotatable bonds is 6. The zero-order valence-corrected chi connectivity index (χ0v) is 32.6. The van der Waals surface area contributed by atoms with Gasteiger partial charge in [0.05, 0.1) is 21.8 Å². The molecule has 0 radical (unpaired) electrons. The Kier molecular flexibility index (Phi) is 23.4. The Morgan fingerprint density at radius 3 is 2.06 bits per heavy atom. The van der Waals surface area contributed by atoms with Crippen LogP contribution in [-0.4, -0.2) is 45.6 Å². The molecule has 286 valence electrons. The Balaban J connectivity index is 0.00000154. The quantitative estimate of drug-likeness (QED) is 0.0558. The first kappa shape index (κ1) is 47.3. The predicted octanol–water partition coefficient (Wildman–Crippen LogP) is 8.22. The molecule has 2 aromatic heterocycles. The van der Waals surface area contributed by atoms with E-state index in [2.05, 4.69) is 52.2 Å². The number of nitrogens with one attached hydrogen (secondary N) is 2. The largest absolute Gasteiger partial charge is 0.483 e. The molecule has 12 nitrogen and oxygen atoms in total. The van der Waals surface area contributed by atoms with E-state index in [0.29, 0.717) is 21.6 Å². The maximum Gasteiger partial charge on any atom is 0.426 e. The van der Waals surface area contributed by atoms with E-state index in [1.54, 1.807) is 32.9 Å². The number of benzene rings is 2. The minimum atomic E-state index is -0.782. The third kappa shape index (κ3) is 18.9. The highest BCUT2D eigenvalue weighted by atomic mass is 35.5. The van der Waals surface area contributed by atoms with Crippen LogP contribution >= 0.6 is 11.6 Å². The van der Waals surface area contributed by atoms with Gasteiger partial charge in [0.1, 0.15) is 11.4 Å². The highest BCUT2D eigenvalue weighted by Gasteiger charge is 2.19. The van der Waals surface area contributed by atoms with Crippen LogP contribution in [0.15, 0.2) is 60.8 Å². The van der Waals surface area contributed by atoms with E-state index in [9.17, 15) is 9.59 Å². The fraction of sp³-hybridized carbons (Fsp3) is 0.350. The maximum absolute atomic E-state index is 13.0. The number of carbonyl (C=O) groups is 4. The van der Waals surface area contributed by atoms with Crippen molar-refractivity contribution in [3.8, 4) is 23.1 Å². The van der Waals surface area contributed by atoms with Gasteiger partial charge in [-0.3, -0.25) is 19.8 Å². The second-order valence-corrected chi connectivity index (χ2v) is 12.3. The topological polar surface area (TPSA) is 200 Å². The van der Waals surface area contributed by atoms with E-state index in [-0.39, 0.29) is 24.3 Å². The number of anilines is 1. The first-order valence-electron chi connectivity index (χ1n) is 17.2. The van der Waals surface area contributed by atoms with Gasteiger partial charge in [-0.05, 0) is 63.6 Å². The van der Waals surface area contributed by atoms with E-state index in [4.69, 9.17) is 36.8 Å². The number of aromatic nitrogens is 2. The molecule has 0 spiro atoms. The lowest BCUT2D eigenvalue weighted by Crippen LogP contribution is -2.44. The SMILES string of the molecule is CC.CCCCCCC.Cc1ccc(C#Cc2ccc(-c3cc(C(=O)NNC(=O)OC(C)(C)C)c4cnc(N)cc4n3)cc2)c(Cl)c1.NC=O.O=CO. The average molecular weight is 749 g/mol. The van der Waals surface area contributed by atoms with Gasteiger partial charge >= 0.3 is 6.09 Å². The van der Waals surface area contributed by atoms with Crippen LogP contribution in [0.1, 0.15) is 108 Å². The number of fused-ring (bicyclic) bond motifs is 1. The number of nitrogens with zero attached hydrogens (tertiary/aromatic N) is 2. The number of carboxylic acid groups (broad SMARTS) is 1. The number of hydrogen-bond donors (Lipinski definition) is 5. The Morgan fingerprint density at radius 2 is 1.53 bits per heavy atom. The molecule has 0 aliphatic rings. The number of primary amides is 1. The number of hydrazine groups is 1. The van der Waals surface area contributed by atoms with Crippen LogP contribution in [0.4, 0.5) is 10.6 Å². The summed E-state index contributed by atoms with van der Waals surface area (Å²) in [7, 11) is 0. The Labute approximate surface area is 318 Å². The molecule has 3 amide bonds. The van der Waals surface area contributed by atoms with Crippen molar-refractivity contribution in [1.82, 2.24) is 20.8 Å². The number of nitrogens with two attached hydrogens (primary N) is 2. The van der Waals surface area contributed by atoms with E-state index >= 15 is 0 Å². The van der Waals surface area contributed by atoms with Gasteiger partial charge in [-0.2, -0.15) is 0 Å².